The molecule has 0 atom stereocenters. The average molecular weight is 393 g/mol. The first kappa shape index (κ1) is 23.4. The van der Waals surface area contributed by atoms with Gasteiger partial charge in [0.1, 0.15) is 0 Å². The van der Waals surface area contributed by atoms with E-state index in [1.54, 1.807) is 0 Å². The largest absolute Gasteiger partial charge is 0.148 e. The molecule has 0 amide bonds. The molecule has 0 spiro atoms. The lowest BCUT2D eigenvalue weighted by Crippen LogP contribution is -2.11. The van der Waals surface area contributed by atoms with Crippen LogP contribution in [-0.2, 0) is 21.7 Å². The molecule has 0 saturated heterocycles. The molecule has 0 aliphatic carbocycles. The molecule has 26 heavy (non-hydrogen) atoms. The van der Waals surface area contributed by atoms with Gasteiger partial charge in [0, 0.05) is 9.75 Å². The highest BCUT2D eigenvalue weighted by Crippen LogP contribution is 2.34. The van der Waals surface area contributed by atoms with Crippen molar-refractivity contribution in [2.24, 2.45) is 0 Å². The molecule has 2 heterocycles. The molecule has 2 aromatic rings. The van der Waals surface area contributed by atoms with Crippen LogP contribution < -0.4 is 0 Å². The molecule has 0 aliphatic heterocycles. The predicted octanol–water partition coefficient (Wildman–Crippen LogP) is 8.69. The van der Waals surface area contributed by atoms with Crippen molar-refractivity contribution >= 4 is 22.7 Å². The Morgan fingerprint density at radius 2 is 0.731 bits per heavy atom. The van der Waals surface area contributed by atoms with Gasteiger partial charge in [-0.15, -0.1) is 22.7 Å². The van der Waals surface area contributed by atoms with Crippen LogP contribution in [0.1, 0.15) is 104 Å². The Morgan fingerprint density at radius 3 is 0.846 bits per heavy atom. The van der Waals surface area contributed by atoms with E-state index in [4.69, 9.17) is 0 Å². The summed E-state index contributed by atoms with van der Waals surface area (Å²) in [5.41, 5.74) is 4.10. The smallest absolute Gasteiger partial charge is 0.0102 e. The van der Waals surface area contributed by atoms with Crippen molar-refractivity contribution in [2.45, 2.75) is 105 Å². The average Bonchev–Trinajstić information content (AvgIpc) is 3.06. The number of thiophene rings is 2. The minimum Gasteiger partial charge on any atom is -0.148 e. The summed E-state index contributed by atoms with van der Waals surface area (Å²) in [5, 5.41) is 4.58. The molecule has 2 aromatic heterocycles. The summed E-state index contributed by atoms with van der Waals surface area (Å²) in [6, 6.07) is 4.70. The molecule has 0 aliphatic rings. The van der Waals surface area contributed by atoms with Crippen molar-refractivity contribution in [3.8, 4) is 0 Å². The molecule has 0 saturated carbocycles. The lowest BCUT2D eigenvalue weighted by molar-refractivity contribution is 0.581. The molecular weight excluding hydrogens is 352 g/mol. The van der Waals surface area contributed by atoms with Crippen LogP contribution >= 0.6 is 22.7 Å². The second kappa shape index (κ2) is 7.80. The normalized spacial score (nSPS) is 13.4. The topological polar surface area (TPSA) is 0 Å². The minimum absolute atomic E-state index is 0.292. The Bertz CT molecular complexity index is 567. The summed E-state index contributed by atoms with van der Waals surface area (Å²) in [7, 11) is 0. The quantitative estimate of drug-likeness (QED) is 0.420. The van der Waals surface area contributed by atoms with Crippen LogP contribution in [0.15, 0.2) is 22.9 Å². The van der Waals surface area contributed by atoms with Gasteiger partial charge in [0.2, 0.25) is 0 Å². The first-order chi connectivity index (χ1) is 11.4. The first-order valence-corrected chi connectivity index (χ1v) is 11.4. The second-order valence-electron chi connectivity index (χ2n) is 11.4. The van der Waals surface area contributed by atoms with Crippen LogP contribution in [0.25, 0.3) is 0 Å². The Balaban J connectivity index is 0.000000260. The highest BCUT2D eigenvalue weighted by Gasteiger charge is 2.21. The lowest BCUT2D eigenvalue weighted by atomic mass is 9.86. The number of hydrogen-bond donors (Lipinski definition) is 0. The van der Waals surface area contributed by atoms with Crippen LogP contribution in [0.4, 0.5) is 0 Å². The summed E-state index contributed by atoms with van der Waals surface area (Å²) in [6.45, 7) is 27.2. The van der Waals surface area contributed by atoms with E-state index in [9.17, 15) is 0 Å². The van der Waals surface area contributed by atoms with Crippen LogP contribution in [0, 0.1) is 0 Å². The maximum atomic E-state index is 2.35. The van der Waals surface area contributed by atoms with Crippen LogP contribution in [0.5, 0.6) is 0 Å². The van der Waals surface area contributed by atoms with Crippen molar-refractivity contribution in [2.75, 3.05) is 0 Å². The highest BCUT2D eigenvalue weighted by atomic mass is 32.1. The molecular formula is C24H40S2. The second-order valence-corrected chi connectivity index (χ2v) is 13.2. The Hall–Kier alpha value is -0.600. The van der Waals surface area contributed by atoms with Gasteiger partial charge in [0.25, 0.3) is 0 Å². The summed E-state index contributed by atoms with van der Waals surface area (Å²) < 4.78 is 0. The Kier molecular flexibility index (Phi) is 7.03. The summed E-state index contributed by atoms with van der Waals surface area (Å²) >= 11 is 3.77. The van der Waals surface area contributed by atoms with Gasteiger partial charge in [0.05, 0.1) is 0 Å². The fraction of sp³-hybridized carbons (Fsp3) is 0.667. The van der Waals surface area contributed by atoms with E-state index in [1.807, 2.05) is 22.7 Å². The Labute approximate surface area is 171 Å². The Morgan fingerprint density at radius 1 is 0.462 bits per heavy atom. The van der Waals surface area contributed by atoms with Gasteiger partial charge in [0.15, 0.2) is 0 Å². The zero-order chi connectivity index (χ0) is 20.6. The maximum Gasteiger partial charge on any atom is 0.0102 e. The molecule has 148 valence electrons. The molecule has 0 unspecified atom stereocenters. The van der Waals surface area contributed by atoms with Crippen LogP contribution in [-0.4, -0.2) is 0 Å². The predicted molar refractivity (Wildman–Crippen MR) is 123 cm³/mol. The standard InChI is InChI=1S/2C12H20S/c2*1-11(2,3)9-7-10(13-8-9)12(4,5)6/h2*7-8H,1-6H3. The van der Waals surface area contributed by atoms with Gasteiger partial charge >= 0.3 is 0 Å². The lowest BCUT2D eigenvalue weighted by Gasteiger charge is -2.18. The van der Waals surface area contributed by atoms with Gasteiger partial charge in [-0.3, -0.25) is 0 Å². The van der Waals surface area contributed by atoms with Crippen LogP contribution in [0.3, 0.4) is 0 Å². The monoisotopic (exact) mass is 392 g/mol. The van der Waals surface area contributed by atoms with E-state index in [0.717, 1.165) is 0 Å². The molecule has 2 rings (SSSR count). The third-order valence-corrected chi connectivity index (χ3v) is 7.12. The third kappa shape index (κ3) is 6.85. The fourth-order valence-corrected chi connectivity index (χ4v) is 4.69. The maximum absolute atomic E-state index is 2.35. The van der Waals surface area contributed by atoms with Gasteiger partial charge in [-0.1, -0.05) is 83.1 Å². The minimum atomic E-state index is 0.292. The fourth-order valence-electron chi connectivity index (χ4n) is 2.25. The molecule has 0 aromatic carbocycles. The van der Waals surface area contributed by atoms with E-state index >= 15 is 0 Å². The summed E-state index contributed by atoms with van der Waals surface area (Å²) in [4.78, 5) is 2.97. The zero-order valence-corrected chi connectivity index (χ0v) is 20.8. The van der Waals surface area contributed by atoms with Crippen LogP contribution in [0.2, 0.25) is 0 Å². The van der Waals surface area contributed by atoms with Crippen molar-refractivity contribution < 1.29 is 0 Å². The molecule has 0 radical (unpaired) electrons. The highest BCUT2D eigenvalue weighted by molar-refractivity contribution is 7.10. The molecule has 0 N–H and O–H groups in total. The van der Waals surface area contributed by atoms with Crippen molar-refractivity contribution in [3.05, 3.63) is 43.8 Å². The van der Waals surface area contributed by atoms with E-state index in [0.29, 0.717) is 21.7 Å². The molecule has 2 heteroatoms. The van der Waals surface area contributed by atoms with Gasteiger partial charge in [-0.2, -0.15) is 0 Å². The molecule has 0 fully saturated rings. The van der Waals surface area contributed by atoms with Gasteiger partial charge < -0.3 is 0 Å². The van der Waals surface area contributed by atoms with Gasteiger partial charge in [-0.25, -0.2) is 0 Å². The SMILES string of the molecule is CC(C)(C)c1csc(C(C)(C)C)c1.CC(C)(C)c1csc(C(C)(C)C)c1. The van der Waals surface area contributed by atoms with Crippen molar-refractivity contribution in [1.82, 2.24) is 0 Å². The summed E-state index contributed by atoms with van der Waals surface area (Å²) in [5.74, 6) is 0. The summed E-state index contributed by atoms with van der Waals surface area (Å²) in [6.07, 6.45) is 0. The van der Waals surface area contributed by atoms with E-state index in [1.165, 1.54) is 20.9 Å². The van der Waals surface area contributed by atoms with E-state index in [-0.39, 0.29) is 0 Å². The molecule has 0 bridgehead atoms. The first-order valence-electron chi connectivity index (χ1n) is 9.61. The van der Waals surface area contributed by atoms with Crippen molar-refractivity contribution in [3.63, 3.8) is 0 Å². The molecule has 0 nitrogen and oxygen atoms in total. The van der Waals surface area contributed by atoms with E-state index < -0.39 is 0 Å². The number of hydrogen-bond acceptors (Lipinski definition) is 2. The third-order valence-electron chi connectivity index (χ3n) is 4.41. The van der Waals surface area contributed by atoms with Gasteiger partial charge in [-0.05, 0) is 55.7 Å². The van der Waals surface area contributed by atoms with Crippen molar-refractivity contribution in [1.29, 1.82) is 0 Å². The number of rotatable bonds is 0. The zero-order valence-electron chi connectivity index (χ0n) is 19.1. The van der Waals surface area contributed by atoms with E-state index in [2.05, 4.69) is 106 Å².